The molecule has 0 saturated heterocycles. The number of nitrogens with one attached hydrogen (secondary N) is 1. The van der Waals surface area contributed by atoms with Gasteiger partial charge in [-0.25, -0.2) is 4.98 Å². The van der Waals surface area contributed by atoms with Crippen LogP contribution in [0.4, 0.5) is 0 Å². The van der Waals surface area contributed by atoms with E-state index in [-0.39, 0.29) is 0 Å². The summed E-state index contributed by atoms with van der Waals surface area (Å²) in [5, 5.41) is 6.60. The highest BCUT2D eigenvalue weighted by Crippen LogP contribution is 2.17. The van der Waals surface area contributed by atoms with Gasteiger partial charge < -0.3 is 10.2 Å². The predicted octanol–water partition coefficient (Wildman–Crippen LogP) is 3.72. The second kappa shape index (κ2) is 8.58. The van der Waals surface area contributed by atoms with E-state index in [4.69, 9.17) is 0 Å². The summed E-state index contributed by atoms with van der Waals surface area (Å²) in [7, 11) is 3.82. The van der Waals surface area contributed by atoms with Crippen molar-refractivity contribution >= 4 is 17.3 Å². The molecule has 0 radical (unpaired) electrons. The number of aryl methyl sites for hydroxylation is 1. The third-order valence-corrected chi connectivity index (χ3v) is 4.80. The van der Waals surface area contributed by atoms with Crippen molar-refractivity contribution in [3.05, 3.63) is 70.3 Å². The van der Waals surface area contributed by atoms with Crippen molar-refractivity contribution in [1.82, 2.24) is 20.2 Å². The molecule has 0 saturated carbocycles. The van der Waals surface area contributed by atoms with Gasteiger partial charge >= 0.3 is 0 Å². The molecule has 26 heavy (non-hydrogen) atoms. The highest BCUT2D eigenvalue weighted by molar-refractivity contribution is 7.09. The number of pyridine rings is 1. The van der Waals surface area contributed by atoms with Crippen LogP contribution in [0.1, 0.15) is 16.3 Å². The topological polar surface area (TPSA) is 53.4 Å². The summed E-state index contributed by atoms with van der Waals surface area (Å²) in [6.45, 7) is 3.46. The number of benzene rings is 1. The van der Waals surface area contributed by atoms with E-state index < -0.39 is 0 Å². The fourth-order valence-corrected chi connectivity index (χ4v) is 3.34. The fraction of sp³-hybridized carbons (Fsp3) is 0.250. The minimum absolute atomic E-state index is 0.702. The zero-order valence-electron chi connectivity index (χ0n) is 15.3. The Balaban J connectivity index is 1.63. The average molecular weight is 366 g/mol. The Morgan fingerprint density at radius 2 is 2.12 bits per heavy atom. The van der Waals surface area contributed by atoms with Crippen LogP contribution in [0.25, 0.3) is 11.3 Å². The zero-order chi connectivity index (χ0) is 18.4. The standard InChI is InChI=1S/C20H23N5S/c1-15-24-18(14-26-15)13-25(3)20(21-2)23-12-16-7-6-8-17(11-16)19-9-4-5-10-22-19/h4-11,14H,12-13H2,1-3H3,(H,21,23). The summed E-state index contributed by atoms with van der Waals surface area (Å²) in [5.74, 6) is 0.846. The molecule has 0 atom stereocenters. The molecule has 6 heteroatoms. The molecule has 2 heterocycles. The second-order valence-corrected chi connectivity index (χ2v) is 7.09. The van der Waals surface area contributed by atoms with Gasteiger partial charge in [0.25, 0.3) is 0 Å². The Hall–Kier alpha value is -2.73. The molecule has 0 fully saturated rings. The van der Waals surface area contributed by atoms with Gasteiger partial charge in [-0.3, -0.25) is 9.98 Å². The number of aromatic nitrogens is 2. The molecule has 3 rings (SSSR count). The molecule has 0 aliphatic rings. The SMILES string of the molecule is CN=C(NCc1cccc(-c2ccccn2)c1)N(C)Cc1csc(C)n1. The van der Waals surface area contributed by atoms with E-state index in [0.29, 0.717) is 6.54 Å². The Kier molecular flexibility index (Phi) is 5.96. The molecule has 0 amide bonds. The molecule has 5 nitrogen and oxygen atoms in total. The third-order valence-electron chi connectivity index (χ3n) is 3.98. The molecular weight excluding hydrogens is 342 g/mol. The van der Waals surface area contributed by atoms with Gasteiger partial charge in [-0.15, -0.1) is 11.3 Å². The molecule has 3 aromatic rings. The summed E-state index contributed by atoms with van der Waals surface area (Å²) in [5.41, 5.74) is 4.35. The van der Waals surface area contributed by atoms with E-state index in [2.05, 4.69) is 54.8 Å². The van der Waals surface area contributed by atoms with Crippen LogP contribution in [0, 0.1) is 6.92 Å². The number of rotatable bonds is 5. The average Bonchev–Trinajstić information content (AvgIpc) is 3.08. The normalized spacial score (nSPS) is 11.4. The summed E-state index contributed by atoms with van der Waals surface area (Å²) < 4.78 is 0. The van der Waals surface area contributed by atoms with Crippen molar-refractivity contribution in [1.29, 1.82) is 0 Å². The summed E-state index contributed by atoms with van der Waals surface area (Å²) >= 11 is 1.67. The number of hydrogen-bond donors (Lipinski definition) is 1. The van der Waals surface area contributed by atoms with Crippen LogP contribution < -0.4 is 5.32 Å². The van der Waals surface area contributed by atoms with Crippen molar-refractivity contribution in [2.24, 2.45) is 4.99 Å². The lowest BCUT2D eigenvalue weighted by atomic mass is 10.1. The molecule has 0 unspecified atom stereocenters. The first-order valence-electron chi connectivity index (χ1n) is 8.49. The van der Waals surface area contributed by atoms with E-state index in [9.17, 15) is 0 Å². The molecule has 1 aromatic carbocycles. The Bertz CT molecular complexity index is 873. The first-order chi connectivity index (χ1) is 12.7. The van der Waals surface area contributed by atoms with E-state index in [1.165, 1.54) is 5.56 Å². The molecule has 2 aromatic heterocycles. The predicted molar refractivity (Wildman–Crippen MR) is 108 cm³/mol. The van der Waals surface area contributed by atoms with Gasteiger partial charge in [-0.2, -0.15) is 0 Å². The van der Waals surface area contributed by atoms with E-state index in [0.717, 1.165) is 34.5 Å². The van der Waals surface area contributed by atoms with E-state index >= 15 is 0 Å². The highest BCUT2D eigenvalue weighted by Gasteiger charge is 2.09. The monoisotopic (exact) mass is 365 g/mol. The van der Waals surface area contributed by atoms with Gasteiger partial charge in [0, 0.05) is 37.8 Å². The van der Waals surface area contributed by atoms with E-state index in [1.54, 1.807) is 18.4 Å². The van der Waals surface area contributed by atoms with Gasteiger partial charge in [0.2, 0.25) is 0 Å². The number of nitrogens with zero attached hydrogens (tertiary/aromatic N) is 4. The van der Waals surface area contributed by atoms with Gasteiger partial charge in [-0.1, -0.05) is 24.3 Å². The molecule has 0 aliphatic heterocycles. The van der Waals surface area contributed by atoms with Crippen molar-refractivity contribution in [2.75, 3.05) is 14.1 Å². The van der Waals surface area contributed by atoms with Crippen molar-refractivity contribution < 1.29 is 0 Å². The van der Waals surface area contributed by atoms with Crippen LogP contribution in [0.2, 0.25) is 0 Å². The maximum Gasteiger partial charge on any atom is 0.194 e. The van der Waals surface area contributed by atoms with Crippen LogP contribution in [0.5, 0.6) is 0 Å². The van der Waals surface area contributed by atoms with Crippen LogP contribution in [0.3, 0.4) is 0 Å². The second-order valence-electron chi connectivity index (χ2n) is 6.03. The minimum Gasteiger partial charge on any atom is -0.352 e. The van der Waals surface area contributed by atoms with E-state index in [1.807, 2.05) is 38.4 Å². The largest absolute Gasteiger partial charge is 0.352 e. The molecule has 134 valence electrons. The van der Waals surface area contributed by atoms with Gasteiger partial charge in [0.05, 0.1) is 22.9 Å². The first-order valence-corrected chi connectivity index (χ1v) is 9.37. The lowest BCUT2D eigenvalue weighted by Gasteiger charge is -2.21. The number of thiazole rings is 1. The van der Waals surface area contributed by atoms with Crippen molar-refractivity contribution in [3.63, 3.8) is 0 Å². The lowest BCUT2D eigenvalue weighted by Crippen LogP contribution is -2.38. The third kappa shape index (κ3) is 4.67. The Morgan fingerprint density at radius 3 is 2.81 bits per heavy atom. The summed E-state index contributed by atoms with van der Waals surface area (Å²) in [6, 6.07) is 14.4. The molecule has 0 bridgehead atoms. The maximum atomic E-state index is 4.52. The molecular formula is C20H23N5S. The van der Waals surface area contributed by atoms with Crippen LogP contribution >= 0.6 is 11.3 Å². The zero-order valence-corrected chi connectivity index (χ0v) is 16.1. The maximum absolute atomic E-state index is 4.52. The fourth-order valence-electron chi connectivity index (χ4n) is 2.74. The minimum atomic E-state index is 0.702. The molecule has 0 spiro atoms. The van der Waals surface area contributed by atoms with Gasteiger partial charge in [0.1, 0.15) is 0 Å². The van der Waals surface area contributed by atoms with Crippen molar-refractivity contribution in [2.45, 2.75) is 20.0 Å². The summed E-state index contributed by atoms with van der Waals surface area (Å²) in [6.07, 6.45) is 1.82. The Morgan fingerprint density at radius 1 is 1.23 bits per heavy atom. The molecule has 0 aliphatic carbocycles. The number of hydrogen-bond acceptors (Lipinski definition) is 4. The smallest absolute Gasteiger partial charge is 0.194 e. The number of guanidine groups is 1. The van der Waals surface area contributed by atoms with Gasteiger partial charge in [-0.05, 0) is 30.7 Å². The van der Waals surface area contributed by atoms with Crippen LogP contribution in [-0.2, 0) is 13.1 Å². The van der Waals surface area contributed by atoms with Crippen LogP contribution in [0.15, 0.2) is 59.0 Å². The first kappa shape index (κ1) is 18.1. The Labute approximate surface area is 158 Å². The summed E-state index contributed by atoms with van der Waals surface area (Å²) in [4.78, 5) is 15.4. The lowest BCUT2D eigenvalue weighted by molar-refractivity contribution is 0.470. The van der Waals surface area contributed by atoms with Crippen LogP contribution in [-0.4, -0.2) is 34.9 Å². The molecule has 1 N–H and O–H groups in total. The number of aliphatic imine (C=N–C) groups is 1. The van der Waals surface area contributed by atoms with Crippen molar-refractivity contribution in [3.8, 4) is 11.3 Å². The quantitative estimate of drug-likeness (QED) is 0.553. The highest BCUT2D eigenvalue weighted by atomic mass is 32.1. The van der Waals surface area contributed by atoms with Gasteiger partial charge in [0.15, 0.2) is 5.96 Å².